The van der Waals surface area contributed by atoms with Crippen molar-refractivity contribution in [2.75, 3.05) is 6.54 Å². The molecule has 30 heavy (non-hydrogen) atoms. The summed E-state index contributed by atoms with van der Waals surface area (Å²) in [6, 6.07) is -5.23. The smallest absolute Gasteiger partial charge is 0.328 e. The van der Waals surface area contributed by atoms with Crippen LogP contribution in [-0.2, 0) is 24.0 Å². The number of nitrogens with two attached hydrogens (primary N) is 1. The number of carbonyl (C=O) groups is 5. The van der Waals surface area contributed by atoms with E-state index >= 15 is 0 Å². The van der Waals surface area contributed by atoms with Crippen LogP contribution in [0.15, 0.2) is 0 Å². The predicted molar refractivity (Wildman–Crippen MR) is 102 cm³/mol. The number of nitrogens with one attached hydrogen (secondary N) is 4. The Kier molecular flexibility index (Phi) is 9.62. The number of carboxylic acids is 1. The van der Waals surface area contributed by atoms with E-state index in [1.165, 1.54) is 6.92 Å². The molecule has 0 radical (unpaired) electrons. The van der Waals surface area contributed by atoms with Crippen LogP contribution >= 0.6 is 0 Å². The van der Waals surface area contributed by atoms with E-state index < -0.39 is 72.4 Å². The predicted octanol–water partition coefficient (Wildman–Crippen LogP) is -4.09. The Balaban J connectivity index is 2.90. The van der Waals surface area contributed by atoms with Crippen LogP contribution in [0.5, 0.6) is 0 Å². The maximum absolute atomic E-state index is 12.6. The summed E-state index contributed by atoms with van der Waals surface area (Å²) < 4.78 is 0. The van der Waals surface area contributed by atoms with Gasteiger partial charge in [-0.05, 0) is 33.2 Å². The number of carboxylic acid groups (broad SMARTS) is 1. The molecule has 13 heteroatoms. The van der Waals surface area contributed by atoms with Gasteiger partial charge in [0.1, 0.15) is 12.1 Å². The van der Waals surface area contributed by atoms with Gasteiger partial charge in [0, 0.05) is 0 Å². The van der Waals surface area contributed by atoms with Gasteiger partial charge in [-0.2, -0.15) is 0 Å². The van der Waals surface area contributed by atoms with E-state index in [0.717, 1.165) is 13.3 Å². The van der Waals surface area contributed by atoms with Gasteiger partial charge in [-0.15, -0.1) is 0 Å². The highest BCUT2D eigenvalue weighted by Gasteiger charge is 2.34. The third-order valence-corrected chi connectivity index (χ3v) is 4.52. The van der Waals surface area contributed by atoms with Gasteiger partial charge in [0.2, 0.25) is 23.6 Å². The Hall–Kier alpha value is -2.77. The third-order valence-electron chi connectivity index (χ3n) is 4.52. The zero-order valence-electron chi connectivity index (χ0n) is 16.8. The molecule has 0 saturated carbocycles. The molecule has 9 N–H and O–H groups in total. The number of hydrogen-bond acceptors (Lipinski definition) is 8. The van der Waals surface area contributed by atoms with Gasteiger partial charge >= 0.3 is 5.97 Å². The topological polar surface area (TPSA) is 220 Å². The quantitative estimate of drug-likeness (QED) is 0.159. The van der Waals surface area contributed by atoms with Crippen LogP contribution in [0.2, 0.25) is 0 Å². The summed E-state index contributed by atoms with van der Waals surface area (Å²) in [4.78, 5) is 59.7. The molecule has 6 atom stereocenters. The molecular formula is C17H29N5O8. The molecule has 1 rings (SSSR count). The number of aliphatic hydroxyl groups is 2. The molecule has 4 amide bonds. The van der Waals surface area contributed by atoms with E-state index in [0.29, 0.717) is 13.0 Å². The van der Waals surface area contributed by atoms with Crippen molar-refractivity contribution in [3.63, 3.8) is 0 Å². The molecule has 0 aliphatic carbocycles. The first-order chi connectivity index (χ1) is 13.9. The van der Waals surface area contributed by atoms with Crippen molar-refractivity contribution in [1.82, 2.24) is 21.3 Å². The number of primary amides is 1. The third kappa shape index (κ3) is 7.57. The average Bonchev–Trinajstić information content (AvgIpc) is 3.16. The van der Waals surface area contributed by atoms with Gasteiger partial charge in [0.15, 0.2) is 6.04 Å². The normalized spacial score (nSPS) is 20.9. The second-order valence-electron chi connectivity index (χ2n) is 7.17. The van der Waals surface area contributed by atoms with Crippen molar-refractivity contribution >= 4 is 29.6 Å². The van der Waals surface area contributed by atoms with E-state index in [4.69, 9.17) is 10.8 Å². The molecule has 0 bridgehead atoms. The molecule has 1 heterocycles. The van der Waals surface area contributed by atoms with Crippen molar-refractivity contribution in [2.24, 2.45) is 5.73 Å². The molecule has 170 valence electrons. The standard InChI is InChI=1S/C17H29N5O8/c1-7(23)12(21-14(26)9-4-3-5-19-9)16(28)20-10(6-11(18)25)15(27)22-13(8(2)24)17(29)30/h7-10,12-13,19,23-24H,3-6H2,1-2H3,(H2,18,25)(H,20,28)(H,21,26)(H,22,27)(H,29,30). The number of amides is 4. The van der Waals surface area contributed by atoms with Crippen molar-refractivity contribution < 1.29 is 39.3 Å². The van der Waals surface area contributed by atoms with Crippen LogP contribution in [0.25, 0.3) is 0 Å². The molecule has 1 aliphatic rings. The minimum Gasteiger partial charge on any atom is -0.480 e. The lowest BCUT2D eigenvalue weighted by Gasteiger charge is -2.26. The Morgan fingerprint density at radius 1 is 1.00 bits per heavy atom. The molecule has 1 fully saturated rings. The highest BCUT2D eigenvalue weighted by molar-refractivity contribution is 5.96. The Bertz CT molecular complexity index is 663. The zero-order valence-corrected chi connectivity index (χ0v) is 16.8. The molecule has 0 aromatic rings. The second kappa shape index (κ2) is 11.4. The molecule has 1 saturated heterocycles. The Morgan fingerprint density at radius 3 is 2.03 bits per heavy atom. The van der Waals surface area contributed by atoms with Crippen molar-refractivity contribution in [3.8, 4) is 0 Å². The van der Waals surface area contributed by atoms with E-state index in [2.05, 4.69) is 16.0 Å². The van der Waals surface area contributed by atoms with Crippen LogP contribution in [-0.4, -0.2) is 87.8 Å². The van der Waals surface area contributed by atoms with Gasteiger partial charge in [0.05, 0.1) is 24.7 Å². The fraction of sp³-hybridized carbons (Fsp3) is 0.706. The van der Waals surface area contributed by atoms with Crippen LogP contribution in [0.4, 0.5) is 0 Å². The summed E-state index contributed by atoms with van der Waals surface area (Å²) in [5, 5.41) is 38.0. The van der Waals surface area contributed by atoms with E-state index in [1.807, 2.05) is 5.32 Å². The lowest BCUT2D eigenvalue weighted by molar-refractivity contribution is -0.145. The summed E-state index contributed by atoms with van der Waals surface area (Å²) in [7, 11) is 0. The first-order valence-corrected chi connectivity index (χ1v) is 9.45. The summed E-state index contributed by atoms with van der Waals surface area (Å²) >= 11 is 0. The molecule has 1 aliphatic heterocycles. The van der Waals surface area contributed by atoms with E-state index in [1.54, 1.807) is 0 Å². The molecule has 13 nitrogen and oxygen atoms in total. The summed E-state index contributed by atoms with van der Waals surface area (Å²) in [6.45, 7) is 3.03. The Labute approximate surface area is 172 Å². The zero-order chi connectivity index (χ0) is 23.0. The maximum Gasteiger partial charge on any atom is 0.328 e. The number of hydrogen-bond donors (Lipinski definition) is 8. The van der Waals surface area contributed by atoms with Gasteiger partial charge in [-0.1, -0.05) is 0 Å². The summed E-state index contributed by atoms with van der Waals surface area (Å²) in [5.74, 6) is -5.05. The van der Waals surface area contributed by atoms with Crippen molar-refractivity contribution in [1.29, 1.82) is 0 Å². The highest BCUT2D eigenvalue weighted by Crippen LogP contribution is 2.06. The average molecular weight is 431 g/mol. The van der Waals surface area contributed by atoms with Crippen LogP contribution < -0.4 is 27.0 Å². The van der Waals surface area contributed by atoms with Gasteiger partial charge in [0.25, 0.3) is 0 Å². The highest BCUT2D eigenvalue weighted by atomic mass is 16.4. The van der Waals surface area contributed by atoms with Crippen LogP contribution in [0, 0.1) is 0 Å². The maximum atomic E-state index is 12.6. The van der Waals surface area contributed by atoms with Crippen molar-refractivity contribution in [3.05, 3.63) is 0 Å². The van der Waals surface area contributed by atoms with Gasteiger partial charge in [-0.25, -0.2) is 4.79 Å². The Morgan fingerprint density at radius 2 is 1.60 bits per heavy atom. The number of rotatable bonds is 11. The van der Waals surface area contributed by atoms with Gasteiger partial charge < -0.3 is 42.3 Å². The first kappa shape index (κ1) is 25.3. The molecule has 0 aromatic heterocycles. The largest absolute Gasteiger partial charge is 0.480 e. The molecule has 0 aromatic carbocycles. The number of aliphatic carboxylic acids is 1. The summed E-state index contributed by atoms with van der Waals surface area (Å²) in [6.07, 6.45) is -2.13. The fourth-order valence-electron chi connectivity index (χ4n) is 2.88. The number of carbonyl (C=O) groups excluding carboxylic acids is 4. The van der Waals surface area contributed by atoms with E-state index in [-0.39, 0.29) is 0 Å². The van der Waals surface area contributed by atoms with Crippen molar-refractivity contribution in [2.45, 2.75) is 69.5 Å². The summed E-state index contributed by atoms with van der Waals surface area (Å²) in [5.41, 5.74) is 5.09. The monoisotopic (exact) mass is 431 g/mol. The van der Waals surface area contributed by atoms with E-state index in [9.17, 15) is 34.2 Å². The number of aliphatic hydroxyl groups excluding tert-OH is 2. The minimum absolute atomic E-state index is 0.510. The first-order valence-electron chi connectivity index (χ1n) is 9.45. The lowest BCUT2D eigenvalue weighted by Crippen LogP contribution is -2.60. The molecule has 0 spiro atoms. The second-order valence-corrected chi connectivity index (χ2v) is 7.17. The van der Waals surface area contributed by atoms with Gasteiger partial charge in [-0.3, -0.25) is 19.2 Å². The SMILES string of the molecule is CC(O)C(NC(=O)C(CC(N)=O)NC(=O)C(NC(=O)C1CCCN1)C(C)O)C(=O)O. The molecule has 6 unspecified atom stereocenters. The fourth-order valence-corrected chi connectivity index (χ4v) is 2.88. The van der Waals surface area contributed by atoms with Crippen LogP contribution in [0.3, 0.4) is 0 Å². The minimum atomic E-state index is -1.69. The lowest BCUT2D eigenvalue weighted by atomic mass is 10.1. The molecular weight excluding hydrogens is 402 g/mol. The van der Waals surface area contributed by atoms with Crippen LogP contribution in [0.1, 0.15) is 33.1 Å².